The van der Waals surface area contributed by atoms with Crippen molar-refractivity contribution in [2.75, 3.05) is 13.1 Å². The van der Waals surface area contributed by atoms with Crippen molar-refractivity contribution in [2.45, 2.75) is 32.0 Å². The Morgan fingerprint density at radius 3 is 2.71 bits per heavy atom. The maximum absolute atomic E-state index is 11.2. The Bertz CT molecular complexity index is 426. The molecule has 3 rings (SSSR count). The molecule has 1 aromatic carbocycles. The molecule has 0 spiro atoms. The summed E-state index contributed by atoms with van der Waals surface area (Å²) in [4.78, 5) is 13.7. The molecule has 3 heteroatoms. The van der Waals surface area contributed by atoms with E-state index >= 15 is 0 Å². The number of nitrogens with zero attached hydrogens (tertiary/aromatic N) is 1. The number of piperazine rings is 1. The van der Waals surface area contributed by atoms with Gasteiger partial charge in [0.05, 0.1) is 0 Å². The largest absolute Gasteiger partial charge is 0.311 e. The molecular weight excluding hydrogens is 212 g/mol. The molecule has 3 nitrogen and oxygen atoms in total. The quantitative estimate of drug-likeness (QED) is 0.797. The molecule has 0 saturated carbocycles. The highest BCUT2D eigenvalue weighted by atomic mass is 16.1. The highest BCUT2D eigenvalue weighted by Gasteiger charge is 2.37. The van der Waals surface area contributed by atoms with E-state index in [1.807, 2.05) is 12.1 Å². The molecule has 90 valence electrons. The van der Waals surface area contributed by atoms with Crippen molar-refractivity contribution < 1.29 is 4.79 Å². The lowest BCUT2D eigenvalue weighted by Crippen LogP contribution is -2.42. The minimum Gasteiger partial charge on any atom is -0.311 e. The van der Waals surface area contributed by atoms with Gasteiger partial charge in [-0.1, -0.05) is 24.3 Å². The minimum absolute atomic E-state index is 0.140. The van der Waals surface area contributed by atoms with Crippen molar-refractivity contribution in [3.63, 3.8) is 0 Å². The van der Waals surface area contributed by atoms with Crippen molar-refractivity contribution >= 4 is 5.78 Å². The van der Waals surface area contributed by atoms with Gasteiger partial charge in [-0.15, -0.1) is 0 Å². The number of likely N-dealkylation sites (tertiary alicyclic amines) is 1. The molecule has 17 heavy (non-hydrogen) atoms. The van der Waals surface area contributed by atoms with Crippen LogP contribution in [0.5, 0.6) is 0 Å². The van der Waals surface area contributed by atoms with Crippen molar-refractivity contribution in [3.8, 4) is 0 Å². The first-order chi connectivity index (χ1) is 8.22. The maximum atomic E-state index is 11.2. The summed E-state index contributed by atoms with van der Waals surface area (Å²) in [5.41, 5.74) is 2.11. The minimum atomic E-state index is 0.140. The van der Waals surface area contributed by atoms with E-state index in [-0.39, 0.29) is 5.78 Å². The van der Waals surface area contributed by atoms with E-state index in [4.69, 9.17) is 0 Å². The number of benzene rings is 1. The number of fused-ring (bicyclic) bond motifs is 2. The van der Waals surface area contributed by atoms with E-state index in [0.29, 0.717) is 12.1 Å². The Morgan fingerprint density at radius 1 is 1.41 bits per heavy atom. The normalized spacial score (nSPS) is 27.6. The molecule has 2 unspecified atom stereocenters. The fourth-order valence-electron chi connectivity index (χ4n) is 2.92. The predicted molar refractivity (Wildman–Crippen MR) is 67.1 cm³/mol. The van der Waals surface area contributed by atoms with Crippen LogP contribution in [0.3, 0.4) is 0 Å². The fourth-order valence-corrected chi connectivity index (χ4v) is 2.92. The third-order valence-electron chi connectivity index (χ3n) is 3.92. The predicted octanol–water partition coefficient (Wildman–Crippen LogP) is 1.44. The molecule has 2 heterocycles. The average molecular weight is 230 g/mol. The molecule has 2 bridgehead atoms. The summed E-state index contributed by atoms with van der Waals surface area (Å²) in [5.74, 6) is 0.140. The summed E-state index contributed by atoms with van der Waals surface area (Å²) in [6.45, 7) is 4.93. The van der Waals surface area contributed by atoms with Crippen LogP contribution in [0.4, 0.5) is 0 Å². The first kappa shape index (κ1) is 10.9. The Hall–Kier alpha value is -1.19. The van der Waals surface area contributed by atoms with E-state index in [1.54, 1.807) is 6.92 Å². The van der Waals surface area contributed by atoms with Crippen LogP contribution in [0.2, 0.25) is 0 Å². The molecule has 2 saturated heterocycles. The monoisotopic (exact) mass is 230 g/mol. The van der Waals surface area contributed by atoms with Crippen LogP contribution in [0, 0.1) is 0 Å². The van der Waals surface area contributed by atoms with Gasteiger partial charge in [-0.05, 0) is 18.9 Å². The van der Waals surface area contributed by atoms with Crippen LogP contribution in [-0.2, 0) is 6.54 Å². The number of Topliss-reactive ketones (excluding diaryl/α,β-unsaturated/α-hetero) is 1. The van der Waals surface area contributed by atoms with Crippen molar-refractivity contribution in [3.05, 3.63) is 35.4 Å². The zero-order chi connectivity index (χ0) is 11.8. The second kappa shape index (κ2) is 4.24. The van der Waals surface area contributed by atoms with Gasteiger partial charge in [0.1, 0.15) is 0 Å². The van der Waals surface area contributed by atoms with E-state index < -0.39 is 0 Å². The first-order valence-corrected chi connectivity index (χ1v) is 6.29. The Balaban J connectivity index is 1.67. The third-order valence-corrected chi connectivity index (χ3v) is 3.92. The second-order valence-corrected chi connectivity index (χ2v) is 5.18. The summed E-state index contributed by atoms with van der Waals surface area (Å²) in [5, 5.41) is 3.51. The van der Waals surface area contributed by atoms with Crippen LogP contribution >= 0.6 is 0 Å². The fraction of sp³-hybridized carbons (Fsp3) is 0.500. The summed E-state index contributed by atoms with van der Waals surface area (Å²) in [7, 11) is 0. The van der Waals surface area contributed by atoms with Gasteiger partial charge in [0.2, 0.25) is 0 Å². The van der Waals surface area contributed by atoms with E-state index in [9.17, 15) is 4.79 Å². The number of rotatable bonds is 3. The topological polar surface area (TPSA) is 32.3 Å². The summed E-state index contributed by atoms with van der Waals surface area (Å²) in [6, 6.07) is 9.45. The van der Waals surface area contributed by atoms with E-state index in [1.165, 1.54) is 18.5 Å². The van der Waals surface area contributed by atoms with Gasteiger partial charge in [0.25, 0.3) is 0 Å². The van der Waals surface area contributed by atoms with Crippen LogP contribution in [-0.4, -0.2) is 35.9 Å². The lowest BCUT2D eigenvalue weighted by atomic mass is 10.1. The lowest BCUT2D eigenvalue weighted by Gasteiger charge is -2.27. The van der Waals surface area contributed by atoms with Crippen molar-refractivity contribution in [1.29, 1.82) is 0 Å². The molecule has 2 aliphatic rings. The van der Waals surface area contributed by atoms with Crippen LogP contribution in [0.25, 0.3) is 0 Å². The van der Waals surface area contributed by atoms with Gasteiger partial charge in [-0.2, -0.15) is 0 Å². The Morgan fingerprint density at radius 2 is 2.18 bits per heavy atom. The smallest absolute Gasteiger partial charge is 0.159 e. The van der Waals surface area contributed by atoms with E-state index in [2.05, 4.69) is 22.3 Å². The molecule has 0 radical (unpaired) electrons. The molecule has 0 amide bonds. The van der Waals surface area contributed by atoms with Gasteiger partial charge in [-0.25, -0.2) is 0 Å². The van der Waals surface area contributed by atoms with Crippen LogP contribution in [0.1, 0.15) is 29.3 Å². The Kier molecular flexibility index (Phi) is 2.73. The van der Waals surface area contributed by atoms with Crippen LogP contribution < -0.4 is 5.32 Å². The third kappa shape index (κ3) is 2.13. The molecule has 0 aromatic heterocycles. The number of ketones is 1. The van der Waals surface area contributed by atoms with Gasteiger partial charge in [0.15, 0.2) is 5.78 Å². The summed E-state index contributed by atoms with van der Waals surface area (Å²) >= 11 is 0. The molecule has 1 aromatic rings. The van der Waals surface area contributed by atoms with Crippen molar-refractivity contribution in [1.82, 2.24) is 10.2 Å². The van der Waals surface area contributed by atoms with Gasteiger partial charge in [-0.3, -0.25) is 9.69 Å². The molecule has 2 fully saturated rings. The molecular formula is C14H18N2O. The highest BCUT2D eigenvalue weighted by Crippen LogP contribution is 2.25. The second-order valence-electron chi connectivity index (χ2n) is 5.18. The molecule has 2 atom stereocenters. The Labute approximate surface area is 102 Å². The maximum Gasteiger partial charge on any atom is 0.159 e. The van der Waals surface area contributed by atoms with Crippen LogP contribution in [0.15, 0.2) is 24.3 Å². The van der Waals surface area contributed by atoms with Crippen molar-refractivity contribution in [2.24, 2.45) is 0 Å². The average Bonchev–Trinajstić information content (AvgIpc) is 2.91. The number of carbonyl (C=O) groups is 1. The number of carbonyl (C=O) groups excluding carboxylic acids is 1. The van der Waals surface area contributed by atoms with Gasteiger partial charge < -0.3 is 5.32 Å². The zero-order valence-corrected chi connectivity index (χ0v) is 10.1. The SMILES string of the molecule is CC(=O)c1ccc(CN2CC3CC2CN3)cc1. The summed E-state index contributed by atoms with van der Waals surface area (Å²) in [6.07, 6.45) is 1.30. The van der Waals surface area contributed by atoms with E-state index in [0.717, 1.165) is 18.7 Å². The number of hydrogen-bond donors (Lipinski definition) is 1. The molecule has 2 aliphatic heterocycles. The number of nitrogens with one attached hydrogen (secondary N) is 1. The highest BCUT2D eigenvalue weighted by molar-refractivity contribution is 5.93. The molecule has 0 aliphatic carbocycles. The lowest BCUT2D eigenvalue weighted by molar-refractivity contribution is 0.101. The zero-order valence-electron chi connectivity index (χ0n) is 10.1. The molecule has 1 N–H and O–H groups in total. The van der Waals surface area contributed by atoms with Gasteiger partial charge >= 0.3 is 0 Å². The standard InChI is InChI=1S/C14H18N2O/c1-10(17)12-4-2-11(3-5-12)8-16-9-13-6-14(16)7-15-13/h2-5,13-15H,6-9H2,1H3. The van der Waals surface area contributed by atoms with Gasteiger partial charge in [0, 0.05) is 37.3 Å². The summed E-state index contributed by atoms with van der Waals surface area (Å²) < 4.78 is 0. The first-order valence-electron chi connectivity index (χ1n) is 6.29. The number of hydrogen-bond acceptors (Lipinski definition) is 3.